The fraction of sp³-hybridized carbons (Fsp3) is 0.667. The molecule has 0 amide bonds. The van der Waals surface area contributed by atoms with Crippen molar-refractivity contribution in [2.45, 2.75) is 64.0 Å². The summed E-state index contributed by atoms with van der Waals surface area (Å²) in [6, 6.07) is 10.4. The standard InChI is InChI=1S/C18H29NO/c1-15(16-10-6-3-4-7-11-16)19-14-18(2,20)17-12-8-5-9-13-17/h5,8-9,12-13,15-16,19-20H,3-4,6-7,10-11,14H2,1-2H3/t15-,18?/m0/s1. The van der Waals surface area contributed by atoms with E-state index in [1.54, 1.807) is 0 Å². The number of hydrogen-bond donors (Lipinski definition) is 2. The number of aliphatic hydroxyl groups is 1. The van der Waals surface area contributed by atoms with Crippen LogP contribution in [0.25, 0.3) is 0 Å². The highest BCUT2D eigenvalue weighted by Gasteiger charge is 2.25. The maximum atomic E-state index is 10.6. The minimum atomic E-state index is -0.791. The lowest BCUT2D eigenvalue weighted by molar-refractivity contribution is 0.0516. The van der Waals surface area contributed by atoms with E-state index in [1.165, 1.54) is 38.5 Å². The molecular formula is C18H29NO. The largest absolute Gasteiger partial charge is 0.384 e. The van der Waals surface area contributed by atoms with Crippen LogP contribution in [-0.2, 0) is 5.60 Å². The van der Waals surface area contributed by atoms with Gasteiger partial charge in [-0.2, -0.15) is 0 Å². The monoisotopic (exact) mass is 275 g/mol. The average Bonchev–Trinajstić information content (AvgIpc) is 2.75. The predicted octanol–water partition coefficient (Wildman–Crippen LogP) is 3.84. The van der Waals surface area contributed by atoms with E-state index in [0.29, 0.717) is 12.6 Å². The van der Waals surface area contributed by atoms with Crippen molar-refractivity contribution < 1.29 is 5.11 Å². The lowest BCUT2D eigenvalue weighted by atomic mass is 9.91. The van der Waals surface area contributed by atoms with Gasteiger partial charge in [0.05, 0.1) is 5.60 Å². The highest BCUT2D eigenvalue weighted by atomic mass is 16.3. The van der Waals surface area contributed by atoms with E-state index >= 15 is 0 Å². The Morgan fingerprint density at radius 1 is 1.15 bits per heavy atom. The van der Waals surface area contributed by atoms with Crippen molar-refractivity contribution in [1.29, 1.82) is 0 Å². The number of nitrogens with one attached hydrogen (secondary N) is 1. The fourth-order valence-corrected chi connectivity index (χ4v) is 3.24. The molecule has 0 aliphatic heterocycles. The Morgan fingerprint density at radius 3 is 2.35 bits per heavy atom. The van der Waals surface area contributed by atoms with Crippen LogP contribution in [0.1, 0.15) is 57.9 Å². The van der Waals surface area contributed by atoms with Gasteiger partial charge >= 0.3 is 0 Å². The zero-order chi connectivity index (χ0) is 14.4. The van der Waals surface area contributed by atoms with Gasteiger partial charge in [-0.15, -0.1) is 0 Å². The second-order valence-electron chi connectivity index (χ2n) is 6.56. The van der Waals surface area contributed by atoms with Crippen molar-refractivity contribution in [1.82, 2.24) is 5.32 Å². The Balaban J connectivity index is 1.87. The summed E-state index contributed by atoms with van der Waals surface area (Å²) >= 11 is 0. The van der Waals surface area contributed by atoms with E-state index in [4.69, 9.17) is 0 Å². The van der Waals surface area contributed by atoms with Crippen LogP contribution in [0.5, 0.6) is 0 Å². The normalized spacial score (nSPS) is 21.9. The Labute approximate surface area is 123 Å². The Morgan fingerprint density at radius 2 is 1.75 bits per heavy atom. The van der Waals surface area contributed by atoms with E-state index in [2.05, 4.69) is 12.2 Å². The summed E-state index contributed by atoms with van der Waals surface area (Å²) in [5.74, 6) is 0.768. The molecule has 20 heavy (non-hydrogen) atoms. The van der Waals surface area contributed by atoms with Gasteiger partial charge in [0.25, 0.3) is 0 Å². The van der Waals surface area contributed by atoms with Gasteiger partial charge in [-0.1, -0.05) is 56.0 Å². The highest BCUT2D eigenvalue weighted by Crippen LogP contribution is 2.26. The summed E-state index contributed by atoms with van der Waals surface area (Å²) < 4.78 is 0. The van der Waals surface area contributed by atoms with Gasteiger partial charge in [-0.25, -0.2) is 0 Å². The molecule has 1 aromatic rings. The van der Waals surface area contributed by atoms with Gasteiger partial charge in [0.2, 0.25) is 0 Å². The van der Waals surface area contributed by atoms with Crippen LogP contribution >= 0.6 is 0 Å². The van der Waals surface area contributed by atoms with Crippen LogP contribution < -0.4 is 5.32 Å². The zero-order valence-corrected chi connectivity index (χ0v) is 12.9. The van der Waals surface area contributed by atoms with Crippen LogP contribution in [-0.4, -0.2) is 17.7 Å². The Bertz CT molecular complexity index is 380. The molecular weight excluding hydrogens is 246 g/mol. The molecule has 1 fully saturated rings. The zero-order valence-electron chi connectivity index (χ0n) is 12.9. The van der Waals surface area contributed by atoms with Gasteiger partial charge in [0, 0.05) is 12.6 Å². The second-order valence-corrected chi connectivity index (χ2v) is 6.56. The first-order valence-corrected chi connectivity index (χ1v) is 8.11. The lowest BCUT2D eigenvalue weighted by Gasteiger charge is -2.30. The SMILES string of the molecule is C[C@H](NCC(C)(O)c1ccccc1)C1CCCCCC1. The molecule has 0 saturated heterocycles. The first-order valence-electron chi connectivity index (χ1n) is 8.11. The molecule has 112 valence electrons. The third-order valence-electron chi connectivity index (χ3n) is 4.77. The van der Waals surface area contributed by atoms with Crippen molar-refractivity contribution in [3.63, 3.8) is 0 Å². The molecule has 1 aliphatic carbocycles. The summed E-state index contributed by atoms with van der Waals surface area (Å²) in [5.41, 5.74) is 0.195. The average molecular weight is 275 g/mol. The number of hydrogen-bond acceptors (Lipinski definition) is 2. The molecule has 2 N–H and O–H groups in total. The molecule has 0 heterocycles. The molecule has 1 saturated carbocycles. The van der Waals surface area contributed by atoms with Crippen LogP contribution in [0.4, 0.5) is 0 Å². The van der Waals surface area contributed by atoms with Crippen LogP contribution in [0.2, 0.25) is 0 Å². The summed E-state index contributed by atoms with van der Waals surface area (Å²) in [5, 5.41) is 14.2. The van der Waals surface area contributed by atoms with E-state index in [1.807, 2.05) is 37.3 Å². The van der Waals surface area contributed by atoms with Crippen molar-refractivity contribution >= 4 is 0 Å². The van der Waals surface area contributed by atoms with Gasteiger partial charge in [0.15, 0.2) is 0 Å². The van der Waals surface area contributed by atoms with E-state index in [0.717, 1.165) is 11.5 Å². The van der Waals surface area contributed by atoms with Crippen molar-refractivity contribution in [2.75, 3.05) is 6.54 Å². The minimum Gasteiger partial charge on any atom is -0.384 e. The summed E-state index contributed by atoms with van der Waals surface area (Å²) in [7, 11) is 0. The van der Waals surface area contributed by atoms with Gasteiger partial charge in [-0.05, 0) is 38.2 Å². The summed E-state index contributed by atoms with van der Waals surface area (Å²) in [4.78, 5) is 0. The molecule has 2 nitrogen and oxygen atoms in total. The van der Waals surface area contributed by atoms with Crippen LogP contribution in [0.3, 0.4) is 0 Å². The number of benzene rings is 1. The van der Waals surface area contributed by atoms with E-state index in [9.17, 15) is 5.11 Å². The van der Waals surface area contributed by atoms with Crippen molar-refractivity contribution in [3.8, 4) is 0 Å². The molecule has 0 bridgehead atoms. The molecule has 0 aromatic heterocycles. The Kier molecular flexibility index (Phi) is 5.62. The maximum Gasteiger partial charge on any atom is 0.0992 e. The topological polar surface area (TPSA) is 32.3 Å². The van der Waals surface area contributed by atoms with Gasteiger partial charge in [0.1, 0.15) is 0 Å². The van der Waals surface area contributed by atoms with E-state index < -0.39 is 5.60 Å². The molecule has 1 aliphatic rings. The predicted molar refractivity (Wildman–Crippen MR) is 84.7 cm³/mol. The maximum absolute atomic E-state index is 10.6. The third kappa shape index (κ3) is 4.32. The Hall–Kier alpha value is -0.860. The summed E-state index contributed by atoms with van der Waals surface area (Å²) in [6.45, 7) is 4.79. The molecule has 0 radical (unpaired) electrons. The second kappa shape index (κ2) is 7.24. The van der Waals surface area contributed by atoms with Crippen molar-refractivity contribution in [2.24, 2.45) is 5.92 Å². The number of rotatable bonds is 5. The quantitative estimate of drug-likeness (QED) is 0.800. The molecule has 2 rings (SSSR count). The molecule has 2 heteroatoms. The molecule has 1 aromatic carbocycles. The summed E-state index contributed by atoms with van der Waals surface area (Å²) in [6.07, 6.45) is 8.19. The minimum absolute atomic E-state index is 0.489. The van der Waals surface area contributed by atoms with Gasteiger partial charge < -0.3 is 10.4 Å². The first-order chi connectivity index (χ1) is 9.59. The first kappa shape index (κ1) is 15.5. The molecule has 1 unspecified atom stereocenters. The van der Waals surface area contributed by atoms with E-state index in [-0.39, 0.29) is 0 Å². The molecule has 2 atom stereocenters. The van der Waals surface area contributed by atoms with Crippen LogP contribution in [0, 0.1) is 5.92 Å². The molecule has 0 spiro atoms. The lowest BCUT2D eigenvalue weighted by Crippen LogP contribution is -2.42. The van der Waals surface area contributed by atoms with Crippen molar-refractivity contribution in [3.05, 3.63) is 35.9 Å². The van der Waals surface area contributed by atoms with Gasteiger partial charge in [-0.3, -0.25) is 0 Å². The highest BCUT2D eigenvalue weighted by molar-refractivity contribution is 5.21. The van der Waals surface area contributed by atoms with Crippen LogP contribution in [0.15, 0.2) is 30.3 Å². The third-order valence-corrected chi connectivity index (χ3v) is 4.77. The smallest absolute Gasteiger partial charge is 0.0992 e. The fourth-order valence-electron chi connectivity index (χ4n) is 3.24.